The fourth-order valence-electron chi connectivity index (χ4n) is 2.07. The zero-order valence-corrected chi connectivity index (χ0v) is 10.5. The van der Waals surface area contributed by atoms with Crippen LogP contribution in [0.15, 0.2) is 17.1 Å². The van der Waals surface area contributed by atoms with Gasteiger partial charge in [-0.3, -0.25) is 4.79 Å². The molecule has 1 aliphatic rings. The molecule has 94 valence electrons. The number of hydrogen-bond acceptors (Lipinski definition) is 4. The van der Waals surface area contributed by atoms with Crippen LogP contribution in [0.1, 0.15) is 19.8 Å². The second-order valence-corrected chi connectivity index (χ2v) is 4.54. The highest BCUT2D eigenvalue weighted by Gasteiger charge is 2.15. The lowest BCUT2D eigenvalue weighted by Gasteiger charge is -2.17. The third kappa shape index (κ3) is 2.85. The summed E-state index contributed by atoms with van der Waals surface area (Å²) in [4.78, 5) is 13.9. The van der Waals surface area contributed by atoms with Gasteiger partial charge in [-0.15, -0.1) is 0 Å². The Labute approximate surface area is 101 Å². The molecule has 1 aromatic heterocycles. The quantitative estimate of drug-likeness (QED) is 0.824. The zero-order valence-electron chi connectivity index (χ0n) is 10.5. The summed E-state index contributed by atoms with van der Waals surface area (Å²) >= 11 is 0. The molecule has 1 aliphatic heterocycles. The number of rotatable bonds is 4. The van der Waals surface area contributed by atoms with Gasteiger partial charge in [0.25, 0.3) is 5.56 Å². The molecule has 0 unspecified atom stereocenters. The summed E-state index contributed by atoms with van der Waals surface area (Å²) in [6, 6.07) is 2.06. The summed E-state index contributed by atoms with van der Waals surface area (Å²) in [6.07, 6.45) is 4.08. The highest BCUT2D eigenvalue weighted by Crippen LogP contribution is 2.08. The van der Waals surface area contributed by atoms with E-state index in [1.54, 1.807) is 16.9 Å². The normalized spacial score (nSPS) is 19.5. The Bertz CT molecular complexity index is 423. The predicted molar refractivity (Wildman–Crippen MR) is 68.5 cm³/mol. The van der Waals surface area contributed by atoms with Crippen LogP contribution < -0.4 is 15.8 Å². The lowest BCUT2D eigenvalue weighted by atomic mass is 10.2. The maximum atomic E-state index is 11.9. The molecular weight excluding hydrogens is 216 g/mol. The van der Waals surface area contributed by atoms with Crippen molar-refractivity contribution in [3.05, 3.63) is 22.6 Å². The molecule has 0 bridgehead atoms. The van der Waals surface area contributed by atoms with Crippen molar-refractivity contribution in [1.82, 2.24) is 15.1 Å². The topological polar surface area (TPSA) is 50.2 Å². The maximum Gasteiger partial charge on any atom is 0.268 e. The van der Waals surface area contributed by atoms with Crippen molar-refractivity contribution in [3.63, 3.8) is 0 Å². The Kier molecular flexibility index (Phi) is 3.78. The van der Waals surface area contributed by atoms with Crippen LogP contribution in [0.4, 0.5) is 5.69 Å². The van der Waals surface area contributed by atoms with Crippen LogP contribution >= 0.6 is 0 Å². The molecule has 1 saturated heterocycles. The Morgan fingerprint density at radius 3 is 3.06 bits per heavy atom. The van der Waals surface area contributed by atoms with E-state index in [1.807, 2.05) is 18.9 Å². The third-order valence-corrected chi connectivity index (χ3v) is 3.33. The summed E-state index contributed by atoms with van der Waals surface area (Å²) in [5, 5.41) is 7.60. The predicted octanol–water partition coefficient (Wildman–Crippen LogP) is 0.451. The molecule has 5 heteroatoms. The molecule has 0 aromatic carbocycles. The monoisotopic (exact) mass is 236 g/mol. The largest absolute Gasteiger partial charge is 0.373 e. The Balaban J connectivity index is 2.11. The van der Waals surface area contributed by atoms with Crippen molar-refractivity contribution in [2.75, 3.05) is 25.0 Å². The minimum absolute atomic E-state index is 0.0171. The second kappa shape index (κ2) is 5.31. The van der Waals surface area contributed by atoms with Gasteiger partial charge in [-0.2, -0.15) is 5.10 Å². The van der Waals surface area contributed by atoms with Crippen molar-refractivity contribution >= 4 is 5.69 Å². The molecule has 0 radical (unpaired) electrons. The van der Waals surface area contributed by atoms with Gasteiger partial charge in [-0.25, -0.2) is 4.68 Å². The van der Waals surface area contributed by atoms with Crippen molar-refractivity contribution in [1.29, 1.82) is 0 Å². The Hall–Kier alpha value is -1.36. The summed E-state index contributed by atoms with van der Waals surface area (Å²) in [5.74, 6) is 0. The van der Waals surface area contributed by atoms with Gasteiger partial charge in [-0.1, -0.05) is 0 Å². The molecule has 17 heavy (non-hydrogen) atoms. The summed E-state index contributed by atoms with van der Waals surface area (Å²) in [6.45, 7) is 4.65. The summed E-state index contributed by atoms with van der Waals surface area (Å²) in [5.41, 5.74) is 0.865. The smallest absolute Gasteiger partial charge is 0.268 e. The van der Waals surface area contributed by atoms with Gasteiger partial charge < -0.3 is 10.2 Å². The molecule has 0 saturated carbocycles. The van der Waals surface area contributed by atoms with E-state index in [1.165, 1.54) is 6.42 Å². The van der Waals surface area contributed by atoms with Gasteiger partial charge in [0.1, 0.15) is 0 Å². The minimum atomic E-state index is -0.0171. The van der Waals surface area contributed by atoms with E-state index in [2.05, 4.69) is 10.4 Å². The highest BCUT2D eigenvalue weighted by atomic mass is 16.1. The van der Waals surface area contributed by atoms with Crippen molar-refractivity contribution < 1.29 is 0 Å². The van der Waals surface area contributed by atoms with Gasteiger partial charge in [0, 0.05) is 25.7 Å². The van der Waals surface area contributed by atoms with E-state index >= 15 is 0 Å². The van der Waals surface area contributed by atoms with Crippen LogP contribution in [0.25, 0.3) is 0 Å². The van der Waals surface area contributed by atoms with Crippen LogP contribution in [0.5, 0.6) is 0 Å². The van der Waals surface area contributed by atoms with Crippen LogP contribution in [-0.2, 0) is 6.54 Å². The number of anilines is 1. The average molecular weight is 236 g/mol. The Morgan fingerprint density at radius 1 is 1.65 bits per heavy atom. The molecular formula is C12H20N4O. The number of nitrogens with zero attached hydrogens (tertiary/aromatic N) is 3. The molecule has 0 spiro atoms. The summed E-state index contributed by atoms with van der Waals surface area (Å²) < 4.78 is 1.55. The minimum Gasteiger partial charge on any atom is -0.373 e. The van der Waals surface area contributed by atoms with E-state index in [4.69, 9.17) is 0 Å². The molecule has 1 N–H and O–H groups in total. The fraction of sp³-hybridized carbons (Fsp3) is 0.667. The van der Waals surface area contributed by atoms with Gasteiger partial charge in [-0.05, 0) is 26.3 Å². The van der Waals surface area contributed by atoms with Gasteiger partial charge >= 0.3 is 0 Å². The van der Waals surface area contributed by atoms with E-state index in [-0.39, 0.29) is 5.56 Å². The molecule has 1 aromatic rings. The first kappa shape index (κ1) is 12.1. The van der Waals surface area contributed by atoms with Crippen molar-refractivity contribution in [3.8, 4) is 0 Å². The van der Waals surface area contributed by atoms with Gasteiger partial charge in [0.2, 0.25) is 0 Å². The van der Waals surface area contributed by atoms with E-state index in [0.29, 0.717) is 12.6 Å². The SMILES string of the molecule is CCN(C)c1cnn(C[C@@H]2CCCN2)c(=O)c1. The van der Waals surface area contributed by atoms with Gasteiger partial charge in [0.05, 0.1) is 18.4 Å². The van der Waals surface area contributed by atoms with E-state index in [0.717, 1.165) is 25.2 Å². The fourth-order valence-corrected chi connectivity index (χ4v) is 2.07. The van der Waals surface area contributed by atoms with Crippen LogP contribution in [0.3, 0.4) is 0 Å². The number of hydrogen-bond donors (Lipinski definition) is 1. The van der Waals surface area contributed by atoms with E-state index < -0.39 is 0 Å². The molecule has 0 amide bonds. The molecule has 1 fully saturated rings. The molecule has 5 nitrogen and oxygen atoms in total. The Morgan fingerprint density at radius 2 is 2.47 bits per heavy atom. The number of nitrogens with one attached hydrogen (secondary N) is 1. The van der Waals surface area contributed by atoms with Crippen LogP contribution in [-0.4, -0.2) is 36.0 Å². The first-order valence-corrected chi connectivity index (χ1v) is 6.22. The zero-order chi connectivity index (χ0) is 12.3. The number of aromatic nitrogens is 2. The lowest BCUT2D eigenvalue weighted by molar-refractivity contribution is 0.459. The molecule has 2 rings (SSSR count). The van der Waals surface area contributed by atoms with Crippen LogP contribution in [0.2, 0.25) is 0 Å². The molecule has 0 aliphatic carbocycles. The van der Waals surface area contributed by atoms with Gasteiger partial charge in [0.15, 0.2) is 0 Å². The van der Waals surface area contributed by atoms with Crippen molar-refractivity contribution in [2.45, 2.75) is 32.4 Å². The maximum absolute atomic E-state index is 11.9. The van der Waals surface area contributed by atoms with E-state index in [9.17, 15) is 4.79 Å². The molecule has 2 heterocycles. The molecule has 1 atom stereocenters. The standard InChI is InChI=1S/C12H20N4O/c1-3-15(2)11-7-12(17)16(14-8-11)9-10-5-4-6-13-10/h7-8,10,13H,3-6,9H2,1-2H3/t10-/m0/s1. The first-order valence-electron chi connectivity index (χ1n) is 6.22. The summed E-state index contributed by atoms with van der Waals surface area (Å²) in [7, 11) is 1.96. The van der Waals surface area contributed by atoms with Crippen molar-refractivity contribution in [2.24, 2.45) is 0 Å². The second-order valence-electron chi connectivity index (χ2n) is 4.54. The average Bonchev–Trinajstić information content (AvgIpc) is 2.83. The lowest BCUT2D eigenvalue weighted by Crippen LogP contribution is -2.34. The van der Waals surface area contributed by atoms with Crippen LogP contribution in [0, 0.1) is 0 Å². The highest BCUT2D eigenvalue weighted by molar-refractivity contribution is 5.41. The third-order valence-electron chi connectivity index (χ3n) is 3.33. The first-order chi connectivity index (χ1) is 8.20.